The molecule has 0 spiro atoms. The first-order valence-corrected chi connectivity index (χ1v) is 7.68. The van der Waals surface area contributed by atoms with Crippen LogP contribution in [-0.2, 0) is 6.42 Å². The van der Waals surface area contributed by atoms with Crippen molar-refractivity contribution in [3.8, 4) is 0 Å². The third-order valence-electron chi connectivity index (χ3n) is 3.94. The van der Waals surface area contributed by atoms with Gasteiger partial charge in [-0.15, -0.1) is 0 Å². The topological polar surface area (TPSA) is 12.0 Å². The predicted molar refractivity (Wildman–Crippen MR) is 87.1 cm³/mol. The highest BCUT2D eigenvalue weighted by atomic mass is 19.1. The van der Waals surface area contributed by atoms with Crippen molar-refractivity contribution in [2.24, 2.45) is 0 Å². The lowest BCUT2D eigenvalue weighted by atomic mass is 9.96. The number of nitrogens with one attached hydrogen (secondary N) is 1. The predicted octanol–water partition coefficient (Wildman–Crippen LogP) is 4.79. The van der Waals surface area contributed by atoms with E-state index in [1.807, 2.05) is 19.2 Å². The van der Waals surface area contributed by atoms with Crippen molar-refractivity contribution in [3.05, 3.63) is 70.5 Å². The van der Waals surface area contributed by atoms with Gasteiger partial charge in [0.2, 0.25) is 0 Å². The number of benzene rings is 2. The molecule has 0 radical (unpaired) electrons. The molecule has 112 valence electrons. The zero-order valence-electron chi connectivity index (χ0n) is 13.1. The molecule has 0 aliphatic heterocycles. The highest BCUT2D eigenvalue weighted by Crippen LogP contribution is 2.24. The summed E-state index contributed by atoms with van der Waals surface area (Å²) < 4.78 is 13.4. The minimum Gasteiger partial charge on any atom is -0.309 e. The highest BCUT2D eigenvalue weighted by Gasteiger charge is 2.13. The van der Waals surface area contributed by atoms with Gasteiger partial charge in [0.15, 0.2) is 0 Å². The number of hydrogen-bond donors (Lipinski definition) is 1. The first-order chi connectivity index (χ1) is 10.2. The summed E-state index contributed by atoms with van der Waals surface area (Å²) in [5, 5.41) is 3.32. The average molecular weight is 285 g/mol. The monoisotopic (exact) mass is 285 g/mol. The van der Waals surface area contributed by atoms with Gasteiger partial charge in [0.25, 0.3) is 0 Å². The van der Waals surface area contributed by atoms with Gasteiger partial charge in [-0.3, -0.25) is 0 Å². The Morgan fingerprint density at radius 1 is 1.05 bits per heavy atom. The highest BCUT2D eigenvalue weighted by molar-refractivity contribution is 5.35. The molecule has 0 aliphatic carbocycles. The standard InChI is InChI=1S/C19H24FN/c1-4-5-6-15-7-9-16(10-8-15)19(21-3)17-11-12-18(20)14(2)13-17/h7-13,19,21H,4-6H2,1-3H3. The van der Waals surface area contributed by atoms with Gasteiger partial charge in [0.1, 0.15) is 5.82 Å². The quantitative estimate of drug-likeness (QED) is 0.805. The van der Waals surface area contributed by atoms with E-state index >= 15 is 0 Å². The lowest BCUT2D eigenvalue weighted by molar-refractivity contribution is 0.614. The smallest absolute Gasteiger partial charge is 0.126 e. The van der Waals surface area contributed by atoms with E-state index in [1.54, 1.807) is 13.0 Å². The van der Waals surface area contributed by atoms with E-state index in [4.69, 9.17) is 0 Å². The van der Waals surface area contributed by atoms with E-state index in [2.05, 4.69) is 36.5 Å². The molecule has 0 saturated heterocycles. The van der Waals surface area contributed by atoms with Crippen molar-refractivity contribution in [2.45, 2.75) is 39.2 Å². The molecular formula is C19H24FN. The summed E-state index contributed by atoms with van der Waals surface area (Å²) in [6.45, 7) is 4.02. The van der Waals surface area contributed by atoms with Crippen LogP contribution in [0.15, 0.2) is 42.5 Å². The van der Waals surface area contributed by atoms with Crippen LogP contribution in [-0.4, -0.2) is 7.05 Å². The van der Waals surface area contributed by atoms with Gasteiger partial charge < -0.3 is 5.32 Å². The summed E-state index contributed by atoms with van der Waals surface area (Å²) in [5.41, 5.74) is 4.37. The van der Waals surface area contributed by atoms with Gasteiger partial charge in [0, 0.05) is 0 Å². The molecule has 0 amide bonds. The van der Waals surface area contributed by atoms with Crippen LogP contribution in [0.3, 0.4) is 0 Å². The van der Waals surface area contributed by atoms with Crippen LogP contribution >= 0.6 is 0 Å². The van der Waals surface area contributed by atoms with Crippen molar-refractivity contribution >= 4 is 0 Å². The Bertz CT molecular complexity index is 575. The summed E-state index contributed by atoms with van der Waals surface area (Å²) in [5.74, 6) is -0.150. The van der Waals surface area contributed by atoms with Crippen LogP contribution in [0.5, 0.6) is 0 Å². The SMILES string of the molecule is CCCCc1ccc(C(NC)c2ccc(F)c(C)c2)cc1. The normalized spacial score (nSPS) is 12.4. The molecule has 21 heavy (non-hydrogen) atoms. The van der Waals surface area contributed by atoms with Gasteiger partial charge >= 0.3 is 0 Å². The lowest BCUT2D eigenvalue weighted by Crippen LogP contribution is -2.17. The Balaban J connectivity index is 2.22. The zero-order chi connectivity index (χ0) is 15.2. The van der Waals surface area contributed by atoms with Crippen LogP contribution in [0, 0.1) is 12.7 Å². The van der Waals surface area contributed by atoms with Gasteiger partial charge in [-0.25, -0.2) is 4.39 Å². The average Bonchev–Trinajstić information content (AvgIpc) is 2.50. The van der Waals surface area contributed by atoms with Crippen LogP contribution in [0.4, 0.5) is 4.39 Å². The molecule has 0 aromatic heterocycles. The van der Waals surface area contributed by atoms with Crippen molar-refractivity contribution < 1.29 is 4.39 Å². The molecule has 2 aromatic carbocycles. The third kappa shape index (κ3) is 3.92. The Morgan fingerprint density at radius 2 is 1.71 bits per heavy atom. The molecule has 1 N–H and O–H groups in total. The van der Waals surface area contributed by atoms with E-state index in [0.717, 1.165) is 12.0 Å². The molecule has 2 rings (SSSR count). The summed E-state index contributed by atoms with van der Waals surface area (Å²) >= 11 is 0. The number of aryl methyl sites for hydroxylation is 2. The van der Waals surface area contributed by atoms with E-state index in [1.165, 1.54) is 24.0 Å². The van der Waals surface area contributed by atoms with Gasteiger partial charge in [-0.2, -0.15) is 0 Å². The maximum absolute atomic E-state index is 13.4. The Kier molecular flexibility index (Phi) is 5.51. The van der Waals surface area contributed by atoms with Gasteiger partial charge in [-0.1, -0.05) is 49.7 Å². The van der Waals surface area contributed by atoms with Crippen LogP contribution < -0.4 is 5.32 Å². The summed E-state index contributed by atoms with van der Waals surface area (Å²) in [7, 11) is 1.94. The molecule has 1 unspecified atom stereocenters. The number of unbranched alkanes of at least 4 members (excludes halogenated alkanes) is 1. The van der Waals surface area contributed by atoms with Crippen molar-refractivity contribution in [3.63, 3.8) is 0 Å². The molecular weight excluding hydrogens is 261 g/mol. The number of hydrogen-bond acceptors (Lipinski definition) is 1. The van der Waals surface area contributed by atoms with Gasteiger partial charge in [0.05, 0.1) is 6.04 Å². The molecule has 0 saturated carbocycles. The van der Waals surface area contributed by atoms with Crippen LogP contribution in [0.1, 0.15) is 48.1 Å². The first-order valence-electron chi connectivity index (χ1n) is 7.68. The zero-order valence-corrected chi connectivity index (χ0v) is 13.1. The molecule has 2 heteroatoms. The molecule has 2 aromatic rings. The van der Waals surface area contributed by atoms with E-state index < -0.39 is 0 Å². The first kappa shape index (κ1) is 15.7. The second-order valence-electron chi connectivity index (χ2n) is 5.58. The molecule has 0 aliphatic rings. The maximum Gasteiger partial charge on any atom is 0.126 e. The van der Waals surface area contributed by atoms with Crippen molar-refractivity contribution in [1.82, 2.24) is 5.32 Å². The fourth-order valence-electron chi connectivity index (χ4n) is 2.63. The van der Waals surface area contributed by atoms with Crippen LogP contribution in [0.25, 0.3) is 0 Å². The summed E-state index contributed by atoms with van der Waals surface area (Å²) in [6.07, 6.45) is 3.58. The second kappa shape index (κ2) is 7.37. The third-order valence-corrected chi connectivity index (χ3v) is 3.94. The number of rotatable bonds is 6. The molecule has 0 fully saturated rings. The fourth-order valence-corrected chi connectivity index (χ4v) is 2.63. The lowest BCUT2D eigenvalue weighted by Gasteiger charge is -2.18. The second-order valence-corrected chi connectivity index (χ2v) is 5.58. The largest absolute Gasteiger partial charge is 0.309 e. The van der Waals surface area contributed by atoms with Gasteiger partial charge in [-0.05, 0) is 55.1 Å². The Labute approximate surface area is 127 Å². The Hall–Kier alpha value is -1.67. The fraction of sp³-hybridized carbons (Fsp3) is 0.368. The maximum atomic E-state index is 13.4. The molecule has 0 heterocycles. The molecule has 1 nitrogen and oxygen atoms in total. The van der Waals surface area contributed by atoms with Crippen molar-refractivity contribution in [2.75, 3.05) is 7.05 Å². The van der Waals surface area contributed by atoms with Crippen molar-refractivity contribution in [1.29, 1.82) is 0 Å². The number of halogens is 1. The van der Waals surface area contributed by atoms with E-state index in [0.29, 0.717) is 5.56 Å². The minimum atomic E-state index is -0.150. The van der Waals surface area contributed by atoms with Crippen LogP contribution in [0.2, 0.25) is 0 Å². The van der Waals surface area contributed by atoms with E-state index in [-0.39, 0.29) is 11.9 Å². The summed E-state index contributed by atoms with van der Waals surface area (Å²) in [4.78, 5) is 0. The molecule has 0 bridgehead atoms. The minimum absolute atomic E-state index is 0.101. The van der Waals surface area contributed by atoms with E-state index in [9.17, 15) is 4.39 Å². The molecule has 1 atom stereocenters. The summed E-state index contributed by atoms with van der Waals surface area (Å²) in [6, 6.07) is 14.2. The Morgan fingerprint density at radius 3 is 2.29 bits per heavy atom.